The molecule has 0 spiro atoms. The highest BCUT2D eigenvalue weighted by Crippen LogP contribution is 2.36. The second-order valence-corrected chi connectivity index (χ2v) is 8.08. The lowest BCUT2D eigenvalue weighted by Crippen LogP contribution is -2.50. The molecule has 136 valence electrons. The summed E-state index contributed by atoms with van der Waals surface area (Å²) in [5.74, 6) is 0. The average Bonchev–Trinajstić information content (AvgIpc) is 2.87. The highest BCUT2D eigenvalue weighted by Gasteiger charge is 2.40. The van der Waals surface area contributed by atoms with Gasteiger partial charge in [-0.15, -0.1) is 0 Å². The van der Waals surface area contributed by atoms with E-state index in [1.165, 1.54) is 36.8 Å². The summed E-state index contributed by atoms with van der Waals surface area (Å²) in [5.41, 5.74) is 3.74. The maximum Gasteiger partial charge on any atom is 0.170 e. The van der Waals surface area contributed by atoms with Gasteiger partial charge in [-0.3, -0.25) is 4.90 Å². The third-order valence-corrected chi connectivity index (χ3v) is 5.96. The number of anilines is 1. The molecule has 0 saturated carbocycles. The van der Waals surface area contributed by atoms with E-state index < -0.39 is 0 Å². The maximum atomic E-state index is 5.55. The molecule has 2 aromatic rings. The Kier molecular flexibility index (Phi) is 5.23. The topological polar surface area (TPSA) is 27.3 Å². The fourth-order valence-corrected chi connectivity index (χ4v) is 4.72. The van der Waals surface area contributed by atoms with Crippen molar-refractivity contribution >= 4 is 23.0 Å². The molecule has 0 unspecified atom stereocenters. The molecule has 0 aliphatic carbocycles. The fraction of sp³-hybridized carbons (Fsp3) is 0.409. The van der Waals surface area contributed by atoms with Gasteiger partial charge in [0.2, 0.25) is 0 Å². The molecule has 2 aliphatic rings. The van der Waals surface area contributed by atoms with Crippen LogP contribution >= 0.6 is 12.2 Å². The van der Waals surface area contributed by atoms with Crippen LogP contribution in [0.1, 0.15) is 36.8 Å². The van der Waals surface area contributed by atoms with Crippen molar-refractivity contribution < 1.29 is 0 Å². The Morgan fingerprint density at radius 3 is 2.31 bits per heavy atom. The van der Waals surface area contributed by atoms with E-state index in [0.717, 1.165) is 17.3 Å². The van der Waals surface area contributed by atoms with Gasteiger partial charge in [0, 0.05) is 30.4 Å². The highest BCUT2D eigenvalue weighted by molar-refractivity contribution is 7.80. The molecule has 2 saturated heterocycles. The zero-order valence-corrected chi connectivity index (χ0v) is 16.1. The van der Waals surface area contributed by atoms with Crippen LogP contribution in [0, 0.1) is 6.92 Å². The molecule has 2 fully saturated rings. The van der Waals surface area contributed by atoms with E-state index in [4.69, 9.17) is 12.2 Å². The molecule has 2 heterocycles. The van der Waals surface area contributed by atoms with E-state index >= 15 is 0 Å². The molecule has 2 aliphatic heterocycles. The lowest BCUT2D eigenvalue weighted by molar-refractivity contribution is 0.115. The predicted molar refractivity (Wildman–Crippen MR) is 112 cm³/mol. The minimum atomic E-state index is 0.477. The Morgan fingerprint density at radius 2 is 1.65 bits per heavy atom. The minimum absolute atomic E-state index is 0.477. The van der Waals surface area contributed by atoms with E-state index in [9.17, 15) is 0 Å². The van der Waals surface area contributed by atoms with Crippen LogP contribution in [-0.4, -0.2) is 28.1 Å². The largest absolute Gasteiger partial charge is 0.360 e. The number of hydrogen-bond donors (Lipinski definition) is 2. The van der Waals surface area contributed by atoms with Crippen LogP contribution in [0.25, 0.3) is 0 Å². The third-order valence-electron chi connectivity index (χ3n) is 5.74. The van der Waals surface area contributed by atoms with Gasteiger partial charge in [-0.05, 0) is 62.5 Å². The Balaban J connectivity index is 1.32. The van der Waals surface area contributed by atoms with Gasteiger partial charge in [0.1, 0.15) is 0 Å². The standard InChI is InChI=1S/C22H27N3S/c1-16-7-9-18(10-8-16)23-22(26)24-19-13-20-11-12-21(14-19)25(20)15-17-5-3-2-4-6-17/h2-10,19-21H,11-15H2,1H3,(H2,23,24,26)/t20-,21-/m1/s1. The van der Waals surface area contributed by atoms with Crippen LogP contribution in [0.4, 0.5) is 5.69 Å². The normalized spacial score (nSPS) is 25.0. The van der Waals surface area contributed by atoms with Crippen LogP contribution in [0.3, 0.4) is 0 Å². The second-order valence-electron chi connectivity index (χ2n) is 7.68. The first-order valence-corrected chi connectivity index (χ1v) is 10.0. The van der Waals surface area contributed by atoms with E-state index in [1.54, 1.807) is 0 Å². The van der Waals surface area contributed by atoms with Gasteiger partial charge in [0.25, 0.3) is 0 Å². The first-order valence-electron chi connectivity index (χ1n) is 9.61. The number of aryl methyl sites for hydroxylation is 1. The second kappa shape index (κ2) is 7.77. The molecule has 2 aromatic carbocycles. The Hall–Kier alpha value is -1.91. The van der Waals surface area contributed by atoms with Crippen LogP contribution in [0.15, 0.2) is 54.6 Å². The van der Waals surface area contributed by atoms with Crippen molar-refractivity contribution in [2.75, 3.05) is 5.32 Å². The number of fused-ring (bicyclic) bond motifs is 2. The monoisotopic (exact) mass is 365 g/mol. The summed E-state index contributed by atoms with van der Waals surface area (Å²) in [6, 6.07) is 21.0. The average molecular weight is 366 g/mol. The number of nitrogens with one attached hydrogen (secondary N) is 2. The van der Waals surface area contributed by atoms with E-state index in [2.05, 4.69) is 77.1 Å². The summed E-state index contributed by atoms with van der Waals surface area (Å²) in [5, 5.41) is 7.63. The first-order chi connectivity index (χ1) is 12.7. The number of rotatable bonds is 4. The SMILES string of the molecule is Cc1ccc(NC(=S)NC2C[C@H]3CC[C@H](C2)N3Cc2ccccc2)cc1. The minimum Gasteiger partial charge on any atom is -0.360 e. The highest BCUT2D eigenvalue weighted by atomic mass is 32.1. The Bertz CT molecular complexity index is 730. The fourth-order valence-electron chi connectivity index (χ4n) is 4.43. The molecular weight excluding hydrogens is 338 g/mol. The van der Waals surface area contributed by atoms with Crippen LogP contribution in [0.5, 0.6) is 0 Å². The smallest absolute Gasteiger partial charge is 0.170 e. The van der Waals surface area contributed by atoms with Crippen molar-refractivity contribution in [1.29, 1.82) is 0 Å². The molecular formula is C22H27N3S. The van der Waals surface area contributed by atoms with Gasteiger partial charge in [-0.2, -0.15) is 0 Å². The van der Waals surface area contributed by atoms with Crippen molar-refractivity contribution in [1.82, 2.24) is 10.2 Å². The number of thiocarbonyl (C=S) groups is 1. The molecule has 2 N–H and O–H groups in total. The number of piperidine rings is 1. The molecule has 0 amide bonds. The molecule has 4 heteroatoms. The molecule has 0 aromatic heterocycles. The van der Waals surface area contributed by atoms with E-state index in [-0.39, 0.29) is 0 Å². The molecule has 4 rings (SSSR count). The molecule has 3 nitrogen and oxygen atoms in total. The zero-order chi connectivity index (χ0) is 17.9. The molecule has 2 atom stereocenters. The van der Waals surface area contributed by atoms with Gasteiger partial charge < -0.3 is 10.6 Å². The van der Waals surface area contributed by atoms with Gasteiger partial charge in [0.05, 0.1) is 0 Å². The zero-order valence-electron chi connectivity index (χ0n) is 15.3. The van der Waals surface area contributed by atoms with Crippen molar-refractivity contribution in [2.45, 2.75) is 57.3 Å². The van der Waals surface area contributed by atoms with E-state index in [1.807, 2.05) is 0 Å². The predicted octanol–water partition coefficient (Wildman–Crippen LogP) is 4.48. The lowest BCUT2D eigenvalue weighted by Gasteiger charge is -2.39. The van der Waals surface area contributed by atoms with Crippen molar-refractivity contribution in [3.63, 3.8) is 0 Å². The van der Waals surface area contributed by atoms with Crippen molar-refractivity contribution in [3.05, 3.63) is 65.7 Å². The van der Waals surface area contributed by atoms with Gasteiger partial charge in [0.15, 0.2) is 5.11 Å². The summed E-state index contributed by atoms with van der Waals surface area (Å²) in [4.78, 5) is 2.71. The summed E-state index contributed by atoms with van der Waals surface area (Å²) >= 11 is 5.55. The number of nitrogens with zero attached hydrogens (tertiary/aromatic N) is 1. The molecule has 0 radical (unpaired) electrons. The van der Waals surface area contributed by atoms with Gasteiger partial charge >= 0.3 is 0 Å². The quantitative estimate of drug-likeness (QED) is 0.782. The maximum absolute atomic E-state index is 5.55. The number of hydrogen-bond acceptors (Lipinski definition) is 2. The summed E-state index contributed by atoms with van der Waals surface area (Å²) < 4.78 is 0. The summed E-state index contributed by atoms with van der Waals surface area (Å²) in [7, 11) is 0. The Morgan fingerprint density at radius 1 is 1.00 bits per heavy atom. The van der Waals surface area contributed by atoms with E-state index in [0.29, 0.717) is 18.1 Å². The molecule has 2 bridgehead atoms. The number of benzene rings is 2. The van der Waals surface area contributed by atoms with Crippen molar-refractivity contribution in [3.8, 4) is 0 Å². The lowest BCUT2D eigenvalue weighted by atomic mass is 9.96. The Labute approximate surface area is 161 Å². The third kappa shape index (κ3) is 4.08. The van der Waals surface area contributed by atoms with Crippen LogP contribution in [0.2, 0.25) is 0 Å². The van der Waals surface area contributed by atoms with Crippen LogP contribution in [-0.2, 0) is 6.54 Å². The van der Waals surface area contributed by atoms with Gasteiger partial charge in [-0.1, -0.05) is 48.0 Å². The first kappa shape index (κ1) is 17.5. The van der Waals surface area contributed by atoms with Gasteiger partial charge in [-0.25, -0.2) is 0 Å². The van der Waals surface area contributed by atoms with Crippen LogP contribution < -0.4 is 10.6 Å². The van der Waals surface area contributed by atoms with Crippen molar-refractivity contribution in [2.24, 2.45) is 0 Å². The summed E-state index contributed by atoms with van der Waals surface area (Å²) in [6.45, 7) is 3.17. The summed E-state index contributed by atoms with van der Waals surface area (Å²) in [6.07, 6.45) is 4.99. The molecule has 26 heavy (non-hydrogen) atoms.